The van der Waals surface area contributed by atoms with Crippen LogP contribution in [0.2, 0.25) is 0 Å². The summed E-state index contributed by atoms with van der Waals surface area (Å²) >= 11 is 1.66. The number of rotatable bonds is 5. The molecule has 0 saturated carbocycles. The predicted molar refractivity (Wildman–Crippen MR) is 96.4 cm³/mol. The summed E-state index contributed by atoms with van der Waals surface area (Å²) in [4.78, 5) is 9.85. The molecule has 2 aromatic rings. The highest BCUT2D eigenvalue weighted by Crippen LogP contribution is 2.16. The molecule has 1 aromatic heterocycles. The molecule has 0 unspecified atom stereocenters. The second-order valence-corrected chi connectivity index (χ2v) is 8.06. The molecule has 0 atom stereocenters. The molecule has 7 nitrogen and oxygen atoms in total. The van der Waals surface area contributed by atoms with Gasteiger partial charge in [0.15, 0.2) is 5.96 Å². The lowest BCUT2D eigenvalue weighted by Crippen LogP contribution is -2.36. The van der Waals surface area contributed by atoms with Crippen LogP contribution in [0.3, 0.4) is 0 Å². The average Bonchev–Trinajstić information content (AvgIpc) is 2.85. The third-order valence-corrected chi connectivity index (χ3v) is 5.35. The third-order valence-electron chi connectivity index (χ3n) is 3.35. The molecule has 4 N–H and O–H groups in total. The minimum Gasteiger partial charge on any atom is -0.352 e. The number of benzene rings is 1. The number of nitrogens with two attached hydrogens (primary N) is 1. The van der Waals surface area contributed by atoms with Gasteiger partial charge in [-0.2, -0.15) is 0 Å². The van der Waals surface area contributed by atoms with Crippen LogP contribution >= 0.6 is 11.3 Å². The van der Waals surface area contributed by atoms with E-state index in [2.05, 4.69) is 20.6 Å². The smallest absolute Gasteiger partial charge is 0.238 e. The predicted octanol–water partition coefficient (Wildman–Crippen LogP) is 1.27. The normalized spacial score (nSPS) is 12.2. The fourth-order valence-corrected chi connectivity index (χ4v) is 3.50. The lowest BCUT2D eigenvalue weighted by molar-refractivity contribution is 0.597. The minimum absolute atomic E-state index is 0.102. The number of aromatic nitrogens is 1. The Morgan fingerprint density at radius 3 is 2.33 bits per heavy atom. The molecule has 2 rings (SSSR count). The average molecular weight is 368 g/mol. The highest BCUT2D eigenvalue weighted by atomic mass is 32.2. The summed E-state index contributed by atoms with van der Waals surface area (Å²) in [5.74, 6) is 0.663. The number of aryl methyl sites for hydroxylation is 2. The first kappa shape index (κ1) is 18.4. The molecule has 0 fully saturated rings. The summed E-state index contributed by atoms with van der Waals surface area (Å²) in [6.07, 6.45) is 0. The van der Waals surface area contributed by atoms with Crippen LogP contribution in [0.4, 0.5) is 0 Å². The Hall–Kier alpha value is -1.97. The first-order valence-corrected chi connectivity index (χ1v) is 9.65. The Morgan fingerprint density at radius 1 is 1.21 bits per heavy atom. The van der Waals surface area contributed by atoms with Gasteiger partial charge in [-0.15, -0.1) is 11.3 Å². The van der Waals surface area contributed by atoms with E-state index < -0.39 is 10.0 Å². The largest absolute Gasteiger partial charge is 0.352 e. The molecule has 130 valence electrons. The van der Waals surface area contributed by atoms with Gasteiger partial charge in [-0.3, -0.25) is 4.99 Å². The molecule has 0 aliphatic carbocycles. The van der Waals surface area contributed by atoms with E-state index in [1.165, 1.54) is 17.0 Å². The Bertz CT molecular complexity index is 826. The Morgan fingerprint density at radius 2 is 1.83 bits per heavy atom. The van der Waals surface area contributed by atoms with Gasteiger partial charge in [0.1, 0.15) is 0 Å². The van der Waals surface area contributed by atoms with Gasteiger partial charge in [-0.05, 0) is 31.5 Å². The van der Waals surface area contributed by atoms with Crippen molar-refractivity contribution in [3.05, 3.63) is 45.4 Å². The van der Waals surface area contributed by atoms with Crippen molar-refractivity contribution in [2.45, 2.75) is 31.8 Å². The van der Waals surface area contributed by atoms with Gasteiger partial charge < -0.3 is 10.6 Å². The molecule has 0 radical (unpaired) electrons. The van der Waals surface area contributed by atoms with Crippen molar-refractivity contribution in [1.29, 1.82) is 0 Å². The number of aliphatic imine (C=N–C) groups is 1. The summed E-state index contributed by atoms with van der Waals surface area (Å²) in [6, 6.07) is 6.42. The van der Waals surface area contributed by atoms with Crippen LogP contribution in [0.5, 0.6) is 0 Å². The summed E-state index contributed by atoms with van der Waals surface area (Å²) in [6.45, 7) is 5.15. The van der Waals surface area contributed by atoms with Gasteiger partial charge in [0.2, 0.25) is 10.0 Å². The van der Waals surface area contributed by atoms with Crippen molar-refractivity contribution in [2.75, 3.05) is 7.05 Å². The Balaban J connectivity index is 1.91. The van der Waals surface area contributed by atoms with E-state index in [0.717, 1.165) is 16.3 Å². The fourth-order valence-electron chi connectivity index (χ4n) is 2.10. The number of hydrogen-bond donors (Lipinski definition) is 3. The van der Waals surface area contributed by atoms with Crippen LogP contribution in [0.25, 0.3) is 0 Å². The number of nitrogens with one attached hydrogen (secondary N) is 2. The molecule has 0 amide bonds. The van der Waals surface area contributed by atoms with E-state index in [1.54, 1.807) is 30.5 Å². The van der Waals surface area contributed by atoms with Crippen LogP contribution in [0.1, 0.15) is 21.1 Å². The van der Waals surface area contributed by atoms with Crippen LogP contribution in [-0.4, -0.2) is 26.4 Å². The van der Waals surface area contributed by atoms with E-state index in [4.69, 9.17) is 5.14 Å². The van der Waals surface area contributed by atoms with Gasteiger partial charge in [-0.25, -0.2) is 18.5 Å². The van der Waals surface area contributed by atoms with Gasteiger partial charge in [0.05, 0.1) is 22.1 Å². The quantitative estimate of drug-likeness (QED) is 0.545. The second-order valence-electron chi connectivity index (χ2n) is 5.21. The lowest BCUT2D eigenvalue weighted by atomic mass is 10.2. The van der Waals surface area contributed by atoms with Gasteiger partial charge in [0.25, 0.3) is 0 Å². The number of nitrogens with zero attached hydrogens (tertiary/aromatic N) is 2. The third kappa shape index (κ3) is 5.02. The number of primary sulfonamides is 1. The Labute approximate surface area is 146 Å². The summed E-state index contributed by atoms with van der Waals surface area (Å²) in [5.41, 5.74) is 1.95. The van der Waals surface area contributed by atoms with Gasteiger partial charge >= 0.3 is 0 Å². The van der Waals surface area contributed by atoms with Gasteiger partial charge in [0, 0.05) is 18.5 Å². The molecule has 0 spiro atoms. The number of thiazole rings is 1. The van der Waals surface area contributed by atoms with Crippen molar-refractivity contribution in [3.63, 3.8) is 0 Å². The van der Waals surface area contributed by atoms with E-state index in [0.29, 0.717) is 19.0 Å². The summed E-state index contributed by atoms with van der Waals surface area (Å²) < 4.78 is 22.5. The van der Waals surface area contributed by atoms with Crippen molar-refractivity contribution in [1.82, 2.24) is 15.6 Å². The van der Waals surface area contributed by atoms with Crippen LogP contribution in [0.15, 0.2) is 34.2 Å². The first-order valence-electron chi connectivity index (χ1n) is 7.29. The molecular formula is C15H21N5O2S2. The molecule has 0 bridgehead atoms. The highest BCUT2D eigenvalue weighted by molar-refractivity contribution is 7.89. The van der Waals surface area contributed by atoms with E-state index in [1.807, 2.05) is 13.8 Å². The number of guanidine groups is 1. The van der Waals surface area contributed by atoms with Crippen LogP contribution < -0.4 is 15.8 Å². The SMILES string of the molecule is CN=C(NCc1ccc(S(N)(=O)=O)cc1)NCc1sc(C)nc1C. The van der Waals surface area contributed by atoms with Gasteiger partial charge in [-0.1, -0.05) is 12.1 Å². The molecule has 24 heavy (non-hydrogen) atoms. The molecule has 1 aromatic carbocycles. The monoisotopic (exact) mass is 367 g/mol. The minimum atomic E-state index is -3.66. The first-order chi connectivity index (χ1) is 11.3. The summed E-state index contributed by atoms with van der Waals surface area (Å²) in [7, 11) is -1.96. The Kier molecular flexibility index (Phi) is 5.92. The summed E-state index contributed by atoms with van der Waals surface area (Å²) in [5, 5.41) is 12.5. The van der Waals surface area contributed by atoms with Crippen molar-refractivity contribution in [3.8, 4) is 0 Å². The molecule has 1 heterocycles. The maximum Gasteiger partial charge on any atom is 0.238 e. The molecule has 9 heteroatoms. The zero-order valence-corrected chi connectivity index (χ0v) is 15.5. The lowest BCUT2D eigenvalue weighted by Gasteiger charge is -2.11. The zero-order valence-electron chi connectivity index (χ0n) is 13.8. The van der Waals surface area contributed by atoms with Crippen LogP contribution in [0, 0.1) is 13.8 Å². The maximum atomic E-state index is 11.2. The second kappa shape index (κ2) is 7.73. The molecule has 0 aliphatic heterocycles. The number of sulfonamides is 1. The molecule has 0 aliphatic rings. The standard InChI is InChI=1S/C15H21N5O2S2/c1-10-14(23-11(2)20-10)9-19-15(17-3)18-8-12-4-6-13(7-5-12)24(16,21)22/h4-7H,8-9H2,1-3H3,(H2,16,21,22)(H2,17,18,19). The van der Waals surface area contributed by atoms with Crippen molar-refractivity contribution in [2.24, 2.45) is 10.1 Å². The molecule has 0 saturated heterocycles. The fraction of sp³-hybridized carbons (Fsp3) is 0.333. The topological polar surface area (TPSA) is 109 Å². The zero-order chi connectivity index (χ0) is 17.7. The van der Waals surface area contributed by atoms with Crippen molar-refractivity contribution < 1.29 is 8.42 Å². The van der Waals surface area contributed by atoms with E-state index in [9.17, 15) is 8.42 Å². The van der Waals surface area contributed by atoms with E-state index in [-0.39, 0.29) is 4.90 Å². The van der Waals surface area contributed by atoms with E-state index >= 15 is 0 Å². The highest BCUT2D eigenvalue weighted by Gasteiger charge is 2.08. The van der Waals surface area contributed by atoms with Crippen LogP contribution in [-0.2, 0) is 23.1 Å². The maximum absolute atomic E-state index is 11.2. The molecular weight excluding hydrogens is 346 g/mol. The number of hydrogen-bond acceptors (Lipinski definition) is 5. The van der Waals surface area contributed by atoms with Crippen molar-refractivity contribution >= 4 is 27.3 Å².